The summed E-state index contributed by atoms with van der Waals surface area (Å²) in [5.74, 6) is 3.72. The maximum atomic E-state index is 4.58. The third kappa shape index (κ3) is 3.59. The van der Waals surface area contributed by atoms with Crippen molar-refractivity contribution in [2.45, 2.75) is 52.2 Å². The fourth-order valence-corrected chi connectivity index (χ4v) is 4.49. The van der Waals surface area contributed by atoms with Crippen LogP contribution in [0.15, 0.2) is 29.2 Å². The highest BCUT2D eigenvalue weighted by Gasteiger charge is 2.26. The largest absolute Gasteiger partial charge is 0.328 e. The van der Waals surface area contributed by atoms with Crippen LogP contribution in [-0.4, -0.2) is 42.3 Å². The van der Waals surface area contributed by atoms with Crippen LogP contribution in [0.4, 0.5) is 0 Å². The van der Waals surface area contributed by atoms with Gasteiger partial charge in [0, 0.05) is 31.4 Å². The summed E-state index contributed by atoms with van der Waals surface area (Å²) < 4.78 is 4.43. The number of likely N-dealkylation sites (tertiary alicyclic amines) is 1. The molecule has 0 aromatic carbocycles. The zero-order chi connectivity index (χ0) is 17.9. The van der Waals surface area contributed by atoms with Crippen molar-refractivity contribution in [3.8, 4) is 0 Å². The Balaban J connectivity index is 1.43. The molecule has 4 heterocycles. The fraction of sp³-hybridized carbons (Fsp3) is 0.526. The number of hydrogen-bond acceptors (Lipinski definition) is 5. The maximum absolute atomic E-state index is 4.58. The molecule has 3 aromatic heterocycles. The van der Waals surface area contributed by atoms with E-state index >= 15 is 0 Å². The third-order valence-electron chi connectivity index (χ3n) is 5.35. The van der Waals surface area contributed by atoms with Gasteiger partial charge in [-0.1, -0.05) is 0 Å². The monoisotopic (exact) mass is 370 g/mol. The molecule has 0 N–H and O–H groups in total. The van der Waals surface area contributed by atoms with Gasteiger partial charge in [0.05, 0.1) is 6.54 Å². The molecule has 6 nitrogen and oxygen atoms in total. The van der Waals surface area contributed by atoms with Gasteiger partial charge in [-0.25, -0.2) is 4.98 Å². The highest BCUT2D eigenvalue weighted by Crippen LogP contribution is 2.28. The number of thiophene rings is 1. The maximum Gasteiger partial charge on any atom is 0.153 e. The summed E-state index contributed by atoms with van der Waals surface area (Å²) in [5, 5.41) is 13.5. The van der Waals surface area contributed by atoms with Crippen LogP contribution in [0, 0.1) is 6.92 Å². The summed E-state index contributed by atoms with van der Waals surface area (Å²) in [6.07, 6.45) is 6.16. The van der Waals surface area contributed by atoms with Gasteiger partial charge >= 0.3 is 0 Å². The van der Waals surface area contributed by atoms with Gasteiger partial charge < -0.3 is 9.13 Å². The van der Waals surface area contributed by atoms with Crippen LogP contribution in [0.1, 0.15) is 48.7 Å². The van der Waals surface area contributed by atoms with E-state index in [4.69, 9.17) is 0 Å². The molecular weight excluding hydrogens is 344 g/mol. The Labute approximate surface area is 158 Å². The van der Waals surface area contributed by atoms with Crippen LogP contribution < -0.4 is 0 Å². The van der Waals surface area contributed by atoms with Crippen molar-refractivity contribution in [1.29, 1.82) is 0 Å². The number of nitrogens with zero attached hydrogens (tertiary/aromatic N) is 6. The van der Waals surface area contributed by atoms with E-state index in [0.29, 0.717) is 5.92 Å². The molecule has 0 aliphatic carbocycles. The van der Waals surface area contributed by atoms with Crippen molar-refractivity contribution in [3.05, 3.63) is 52.3 Å². The van der Waals surface area contributed by atoms with Crippen molar-refractivity contribution in [3.63, 3.8) is 0 Å². The van der Waals surface area contributed by atoms with E-state index in [2.05, 4.69) is 53.0 Å². The van der Waals surface area contributed by atoms with Crippen molar-refractivity contribution >= 4 is 11.3 Å². The number of aryl methyl sites for hydroxylation is 1. The van der Waals surface area contributed by atoms with E-state index in [-0.39, 0.29) is 0 Å². The number of hydrogen-bond donors (Lipinski definition) is 0. The summed E-state index contributed by atoms with van der Waals surface area (Å²) >= 11 is 1.78. The van der Waals surface area contributed by atoms with Gasteiger partial charge in [0.15, 0.2) is 5.82 Å². The molecule has 4 rings (SSSR count). The van der Waals surface area contributed by atoms with Crippen LogP contribution in [0.3, 0.4) is 0 Å². The topological polar surface area (TPSA) is 51.8 Å². The number of imidazole rings is 1. The lowest BCUT2D eigenvalue weighted by molar-refractivity contribution is 0.200. The van der Waals surface area contributed by atoms with Gasteiger partial charge in [-0.05, 0) is 62.2 Å². The Morgan fingerprint density at radius 1 is 1.19 bits per heavy atom. The quantitative estimate of drug-likeness (QED) is 0.668. The average Bonchev–Trinajstić information content (AvgIpc) is 3.39. The molecule has 0 radical (unpaired) electrons. The van der Waals surface area contributed by atoms with E-state index in [1.165, 1.54) is 5.56 Å². The molecule has 3 aromatic rings. The summed E-state index contributed by atoms with van der Waals surface area (Å²) in [6, 6.07) is 2.23. The lowest BCUT2D eigenvalue weighted by Gasteiger charge is -2.31. The van der Waals surface area contributed by atoms with Crippen molar-refractivity contribution < 1.29 is 0 Å². The van der Waals surface area contributed by atoms with E-state index in [1.807, 2.05) is 19.3 Å². The fourth-order valence-electron chi connectivity index (χ4n) is 3.83. The Hall–Kier alpha value is -1.99. The summed E-state index contributed by atoms with van der Waals surface area (Å²) in [7, 11) is 0. The minimum Gasteiger partial charge on any atom is -0.328 e. The van der Waals surface area contributed by atoms with Gasteiger partial charge in [0.25, 0.3) is 0 Å². The highest BCUT2D eigenvalue weighted by atomic mass is 32.1. The predicted molar refractivity (Wildman–Crippen MR) is 103 cm³/mol. The van der Waals surface area contributed by atoms with E-state index in [9.17, 15) is 0 Å². The standard InChI is InChI=1S/C19H26N6S/c1-3-25-18(13-24-10-7-20-15(24)2)21-22-19(25)17-4-8-23(9-5-17)12-16-6-11-26-14-16/h6-7,10-11,14,17H,3-5,8-9,12-13H2,1-2H3. The Morgan fingerprint density at radius 2 is 2.04 bits per heavy atom. The van der Waals surface area contributed by atoms with Gasteiger partial charge in [-0.3, -0.25) is 4.90 Å². The summed E-state index contributed by atoms with van der Waals surface area (Å²) in [5.41, 5.74) is 1.43. The van der Waals surface area contributed by atoms with Crippen LogP contribution >= 0.6 is 11.3 Å². The molecule has 0 unspecified atom stereocenters. The molecule has 7 heteroatoms. The van der Waals surface area contributed by atoms with Crippen LogP contribution in [-0.2, 0) is 19.6 Å². The lowest BCUT2D eigenvalue weighted by atomic mass is 9.95. The summed E-state index contributed by atoms with van der Waals surface area (Å²) in [4.78, 5) is 6.86. The average molecular weight is 371 g/mol. The smallest absolute Gasteiger partial charge is 0.153 e. The van der Waals surface area contributed by atoms with Gasteiger partial charge in [0.2, 0.25) is 0 Å². The molecule has 1 fully saturated rings. The van der Waals surface area contributed by atoms with Crippen LogP contribution in [0.5, 0.6) is 0 Å². The van der Waals surface area contributed by atoms with Crippen LogP contribution in [0.2, 0.25) is 0 Å². The first-order valence-electron chi connectivity index (χ1n) is 9.37. The third-order valence-corrected chi connectivity index (χ3v) is 6.08. The molecule has 0 amide bonds. The number of rotatable bonds is 6. The van der Waals surface area contributed by atoms with Gasteiger partial charge in [-0.15, -0.1) is 10.2 Å². The molecule has 0 bridgehead atoms. The zero-order valence-corrected chi connectivity index (χ0v) is 16.3. The van der Waals surface area contributed by atoms with E-state index in [0.717, 1.165) is 63.0 Å². The van der Waals surface area contributed by atoms with E-state index in [1.54, 1.807) is 11.3 Å². The Kier molecular flexibility index (Phi) is 5.17. The first-order chi connectivity index (χ1) is 12.7. The SMILES string of the molecule is CCn1c(Cn2ccnc2C)nnc1C1CCN(Cc2ccsc2)CC1. The molecule has 1 aliphatic heterocycles. The van der Waals surface area contributed by atoms with E-state index < -0.39 is 0 Å². The lowest BCUT2D eigenvalue weighted by Crippen LogP contribution is -2.33. The Morgan fingerprint density at radius 3 is 2.69 bits per heavy atom. The zero-order valence-electron chi connectivity index (χ0n) is 15.5. The highest BCUT2D eigenvalue weighted by molar-refractivity contribution is 7.07. The molecule has 1 saturated heterocycles. The van der Waals surface area contributed by atoms with Gasteiger partial charge in [-0.2, -0.15) is 11.3 Å². The second-order valence-corrected chi connectivity index (χ2v) is 7.78. The molecule has 0 spiro atoms. The number of piperidine rings is 1. The van der Waals surface area contributed by atoms with Gasteiger partial charge in [0.1, 0.15) is 11.6 Å². The normalized spacial score (nSPS) is 16.4. The molecule has 0 saturated carbocycles. The number of aromatic nitrogens is 5. The summed E-state index contributed by atoms with van der Waals surface area (Å²) in [6.45, 7) is 9.20. The molecule has 26 heavy (non-hydrogen) atoms. The van der Waals surface area contributed by atoms with Crippen molar-refractivity contribution in [2.24, 2.45) is 0 Å². The van der Waals surface area contributed by atoms with Crippen molar-refractivity contribution in [1.82, 2.24) is 29.2 Å². The van der Waals surface area contributed by atoms with Crippen LogP contribution in [0.25, 0.3) is 0 Å². The second kappa shape index (κ2) is 7.72. The predicted octanol–water partition coefficient (Wildman–Crippen LogP) is 3.29. The first-order valence-corrected chi connectivity index (χ1v) is 10.3. The minimum absolute atomic E-state index is 0.513. The Bertz CT molecular complexity index is 826. The minimum atomic E-state index is 0.513. The molecule has 0 atom stereocenters. The molecule has 1 aliphatic rings. The van der Waals surface area contributed by atoms with Crippen molar-refractivity contribution in [2.75, 3.05) is 13.1 Å². The second-order valence-electron chi connectivity index (χ2n) is 7.00. The molecule has 138 valence electrons. The first kappa shape index (κ1) is 17.4. The molecular formula is C19H26N6S.